The third-order valence-corrected chi connectivity index (χ3v) is 2.98. The first-order valence-corrected chi connectivity index (χ1v) is 6.63. The molecule has 0 atom stereocenters. The molecule has 0 fully saturated rings. The molecule has 0 aliphatic heterocycles. The number of hydrogen-bond acceptors (Lipinski definition) is 6. The summed E-state index contributed by atoms with van der Waals surface area (Å²) >= 11 is 5.92. The molecule has 0 bridgehead atoms. The highest BCUT2D eigenvalue weighted by atomic mass is 35.5. The van der Waals surface area contributed by atoms with Gasteiger partial charge in [0.2, 0.25) is 11.7 Å². The van der Waals surface area contributed by atoms with Crippen molar-refractivity contribution in [1.29, 1.82) is 0 Å². The molecule has 7 heteroatoms. The molecule has 0 saturated carbocycles. The van der Waals surface area contributed by atoms with E-state index in [1.807, 2.05) is 17.0 Å². The van der Waals surface area contributed by atoms with E-state index in [9.17, 15) is 0 Å². The Morgan fingerprint density at radius 3 is 2.60 bits per heavy atom. The molecule has 1 heterocycles. The Morgan fingerprint density at radius 1 is 1.20 bits per heavy atom. The molecule has 0 aliphatic carbocycles. The number of benzene rings is 1. The molecule has 1 aromatic carbocycles. The van der Waals surface area contributed by atoms with Gasteiger partial charge in [0.1, 0.15) is 0 Å². The lowest BCUT2D eigenvalue weighted by molar-refractivity contribution is 0.143. The minimum absolute atomic E-state index is 0.00921. The first-order chi connectivity index (χ1) is 9.72. The zero-order chi connectivity index (χ0) is 14.4. The normalized spacial score (nSPS) is 11.2. The zero-order valence-electron chi connectivity index (χ0n) is 10.9. The van der Waals surface area contributed by atoms with Gasteiger partial charge in [-0.1, -0.05) is 28.9 Å². The first kappa shape index (κ1) is 14.9. The van der Waals surface area contributed by atoms with E-state index in [1.165, 1.54) is 0 Å². The van der Waals surface area contributed by atoms with Gasteiger partial charge >= 0.3 is 0 Å². The average molecular weight is 298 g/mol. The maximum absolute atomic E-state index is 8.95. The van der Waals surface area contributed by atoms with Crippen LogP contribution in [0.4, 0.5) is 0 Å². The first-order valence-electron chi connectivity index (χ1n) is 6.25. The molecule has 0 radical (unpaired) electrons. The maximum Gasteiger partial charge on any atom is 0.241 e. The van der Waals surface area contributed by atoms with Crippen LogP contribution in [0.3, 0.4) is 0 Å². The van der Waals surface area contributed by atoms with Crippen LogP contribution in [-0.4, -0.2) is 51.6 Å². The maximum atomic E-state index is 8.95. The number of aromatic nitrogens is 2. The molecule has 2 aromatic rings. The predicted molar refractivity (Wildman–Crippen MR) is 74.2 cm³/mol. The van der Waals surface area contributed by atoms with Crippen molar-refractivity contribution in [3.63, 3.8) is 0 Å². The van der Waals surface area contributed by atoms with Gasteiger partial charge in [0, 0.05) is 23.7 Å². The third kappa shape index (κ3) is 4.01. The molecule has 0 aliphatic rings. The summed E-state index contributed by atoms with van der Waals surface area (Å²) in [6.45, 7) is 1.28. The van der Waals surface area contributed by atoms with E-state index in [0.717, 1.165) is 5.56 Å². The van der Waals surface area contributed by atoms with Crippen molar-refractivity contribution >= 4 is 11.6 Å². The molecule has 2 rings (SSSR count). The van der Waals surface area contributed by atoms with E-state index in [2.05, 4.69) is 10.1 Å². The Hall–Kier alpha value is -1.47. The molecule has 108 valence electrons. The topological polar surface area (TPSA) is 82.6 Å². The fourth-order valence-corrected chi connectivity index (χ4v) is 2.00. The van der Waals surface area contributed by atoms with Crippen LogP contribution in [0.5, 0.6) is 0 Å². The van der Waals surface area contributed by atoms with Crippen LogP contribution < -0.4 is 0 Å². The highest BCUT2D eigenvalue weighted by Gasteiger charge is 2.12. The van der Waals surface area contributed by atoms with Crippen molar-refractivity contribution in [2.24, 2.45) is 0 Å². The van der Waals surface area contributed by atoms with Crippen LogP contribution in [0.2, 0.25) is 5.02 Å². The molecule has 0 unspecified atom stereocenters. The smallest absolute Gasteiger partial charge is 0.241 e. The molecule has 6 nitrogen and oxygen atoms in total. The van der Waals surface area contributed by atoms with Crippen molar-refractivity contribution in [3.8, 4) is 11.4 Å². The van der Waals surface area contributed by atoms with E-state index in [0.29, 0.717) is 36.4 Å². The van der Waals surface area contributed by atoms with Gasteiger partial charge in [-0.05, 0) is 12.1 Å². The number of aliphatic hydroxyl groups is 2. The quantitative estimate of drug-likeness (QED) is 0.798. The summed E-state index contributed by atoms with van der Waals surface area (Å²) in [6.07, 6.45) is 0. The molecular formula is C13H16ClN3O3. The fraction of sp³-hybridized carbons (Fsp3) is 0.385. The molecule has 1 aromatic heterocycles. The van der Waals surface area contributed by atoms with Crippen LogP contribution >= 0.6 is 11.6 Å². The lowest BCUT2D eigenvalue weighted by atomic mass is 10.2. The number of nitrogens with zero attached hydrogens (tertiary/aromatic N) is 3. The molecule has 2 N–H and O–H groups in total. The monoisotopic (exact) mass is 297 g/mol. The largest absolute Gasteiger partial charge is 0.395 e. The van der Waals surface area contributed by atoms with Crippen LogP contribution in [0.25, 0.3) is 11.4 Å². The van der Waals surface area contributed by atoms with E-state index in [4.69, 9.17) is 26.3 Å². The van der Waals surface area contributed by atoms with E-state index in [-0.39, 0.29) is 13.2 Å². The Kier molecular flexibility index (Phi) is 5.49. The van der Waals surface area contributed by atoms with Gasteiger partial charge in [0.25, 0.3) is 0 Å². The molecule has 0 saturated heterocycles. The van der Waals surface area contributed by atoms with Crippen molar-refractivity contribution in [2.45, 2.75) is 6.54 Å². The minimum atomic E-state index is 0.00921. The van der Waals surface area contributed by atoms with Gasteiger partial charge in [-0.2, -0.15) is 4.98 Å². The summed E-state index contributed by atoms with van der Waals surface area (Å²) in [7, 11) is 0. The highest BCUT2D eigenvalue weighted by Crippen LogP contribution is 2.20. The Morgan fingerprint density at radius 2 is 1.95 bits per heavy atom. The predicted octanol–water partition coefficient (Wildman–Crippen LogP) is 1.18. The van der Waals surface area contributed by atoms with E-state index < -0.39 is 0 Å². The van der Waals surface area contributed by atoms with Crippen molar-refractivity contribution in [2.75, 3.05) is 26.3 Å². The van der Waals surface area contributed by atoms with Crippen LogP contribution in [0.15, 0.2) is 28.8 Å². The second-order valence-corrected chi connectivity index (χ2v) is 4.68. The van der Waals surface area contributed by atoms with E-state index in [1.54, 1.807) is 12.1 Å². The van der Waals surface area contributed by atoms with Gasteiger partial charge in [-0.15, -0.1) is 0 Å². The summed E-state index contributed by atoms with van der Waals surface area (Å²) in [6, 6.07) is 7.20. The summed E-state index contributed by atoms with van der Waals surface area (Å²) in [5.74, 6) is 0.900. The lowest BCUT2D eigenvalue weighted by Crippen LogP contribution is -2.29. The Bertz CT molecular complexity index is 541. The number of aliphatic hydroxyl groups excluding tert-OH is 2. The second-order valence-electron chi connectivity index (χ2n) is 4.25. The van der Waals surface area contributed by atoms with Gasteiger partial charge in [-0.3, -0.25) is 4.90 Å². The molecule has 20 heavy (non-hydrogen) atoms. The Labute approximate surface area is 121 Å². The lowest BCUT2D eigenvalue weighted by Gasteiger charge is -2.17. The van der Waals surface area contributed by atoms with E-state index >= 15 is 0 Å². The van der Waals surface area contributed by atoms with Crippen molar-refractivity contribution in [1.82, 2.24) is 15.0 Å². The standard InChI is InChI=1S/C13H16ClN3O3/c14-11-3-1-2-10(8-11)13-15-12(20-16-13)9-17(4-6-18)5-7-19/h1-3,8,18-19H,4-7,9H2. The second kappa shape index (κ2) is 7.35. The van der Waals surface area contributed by atoms with Gasteiger partial charge in [0.15, 0.2) is 0 Å². The molecule has 0 amide bonds. The van der Waals surface area contributed by atoms with Gasteiger partial charge < -0.3 is 14.7 Å². The van der Waals surface area contributed by atoms with Crippen LogP contribution in [-0.2, 0) is 6.54 Å². The molecule has 0 spiro atoms. The summed E-state index contributed by atoms with van der Waals surface area (Å²) in [4.78, 5) is 6.11. The number of rotatable bonds is 7. The number of halogens is 1. The molecular weight excluding hydrogens is 282 g/mol. The SMILES string of the molecule is OCCN(CCO)Cc1nc(-c2cccc(Cl)c2)no1. The van der Waals surface area contributed by atoms with Crippen LogP contribution in [0, 0.1) is 0 Å². The average Bonchev–Trinajstić information content (AvgIpc) is 2.88. The van der Waals surface area contributed by atoms with Crippen molar-refractivity contribution in [3.05, 3.63) is 35.2 Å². The van der Waals surface area contributed by atoms with Gasteiger partial charge in [-0.25, -0.2) is 0 Å². The van der Waals surface area contributed by atoms with Crippen molar-refractivity contribution < 1.29 is 14.7 Å². The minimum Gasteiger partial charge on any atom is -0.395 e. The zero-order valence-corrected chi connectivity index (χ0v) is 11.6. The number of hydrogen-bond donors (Lipinski definition) is 2. The summed E-state index contributed by atoms with van der Waals surface area (Å²) in [5, 5.41) is 22.4. The van der Waals surface area contributed by atoms with Gasteiger partial charge in [0.05, 0.1) is 19.8 Å². The summed E-state index contributed by atoms with van der Waals surface area (Å²) in [5.41, 5.74) is 0.781. The third-order valence-electron chi connectivity index (χ3n) is 2.74. The van der Waals surface area contributed by atoms with Crippen LogP contribution in [0.1, 0.15) is 5.89 Å². The summed E-state index contributed by atoms with van der Waals surface area (Å²) < 4.78 is 5.17. The fourth-order valence-electron chi connectivity index (χ4n) is 1.81. The Balaban J connectivity index is 2.08. The highest BCUT2D eigenvalue weighted by molar-refractivity contribution is 6.30.